The first-order valence-electron chi connectivity index (χ1n) is 2.87. The molecule has 11 heavy (non-hydrogen) atoms. The molecule has 1 rings (SSSR count). The lowest BCUT2D eigenvalue weighted by Gasteiger charge is -1.92. The molecule has 58 valence electrons. The Labute approximate surface area is 61.7 Å². The highest BCUT2D eigenvalue weighted by Gasteiger charge is 2.03. The van der Waals surface area contributed by atoms with Crippen LogP contribution in [0.3, 0.4) is 0 Å². The molecule has 0 unspecified atom stereocenters. The summed E-state index contributed by atoms with van der Waals surface area (Å²) in [5.41, 5.74) is 0. The largest absolute Gasteiger partial charge is 0.481 e. The first-order valence-corrected chi connectivity index (χ1v) is 2.87. The Morgan fingerprint density at radius 1 is 1.73 bits per heavy atom. The van der Waals surface area contributed by atoms with E-state index in [0.717, 1.165) is 6.07 Å². The van der Waals surface area contributed by atoms with Crippen molar-refractivity contribution >= 4 is 5.97 Å². The number of carboxylic acid groups (broad SMARTS) is 1. The quantitative estimate of drug-likeness (QED) is 0.623. The smallest absolute Gasteiger partial charge is 0.311 e. The minimum atomic E-state index is -1.07. The van der Waals surface area contributed by atoms with Crippen LogP contribution in [0.15, 0.2) is 12.3 Å². The second-order valence-corrected chi connectivity index (χ2v) is 1.87. The van der Waals surface area contributed by atoms with Crippen LogP contribution in [0.4, 0.5) is 4.39 Å². The molecule has 0 aliphatic heterocycles. The summed E-state index contributed by atoms with van der Waals surface area (Å²) >= 11 is 0. The molecule has 0 amide bonds. The molecule has 0 atom stereocenters. The van der Waals surface area contributed by atoms with E-state index in [1.807, 2.05) is 0 Å². The van der Waals surface area contributed by atoms with Crippen molar-refractivity contribution in [2.75, 3.05) is 0 Å². The highest BCUT2D eigenvalue weighted by atomic mass is 19.1. The third-order valence-corrected chi connectivity index (χ3v) is 0.981. The molecule has 1 aromatic rings. The summed E-state index contributed by atoms with van der Waals surface area (Å²) in [7, 11) is 0. The molecule has 0 saturated carbocycles. The van der Waals surface area contributed by atoms with Gasteiger partial charge in [-0.25, -0.2) is 9.97 Å². The SMILES string of the molecule is O=C(O)Cc1nccc(F)n1. The third-order valence-electron chi connectivity index (χ3n) is 0.981. The maximum atomic E-state index is 12.3. The number of hydrogen-bond acceptors (Lipinski definition) is 3. The summed E-state index contributed by atoms with van der Waals surface area (Å²) in [5, 5.41) is 8.26. The van der Waals surface area contributed by atoms with Crippen LogP contribution in [0.5, 0.6) is 0 Å². The van der Waals surface area contributed by atoms with Gasteiger partial charge in [-0.1, -0.05) is 0 Å². The fraction of sp³-hybridized carbons (Fsp3) is 0.167. The van der Waals surface area contributed by atoms with Gasteiger partial charge >= 0.3 is 5.97 Å². The van der Waals surface area contributed by atoms with E-state index >= 15 is 0 Å². The Kier molecular flexibility index (Phi) is 2.10. The number of carbonyl (C=O) groups is 1. The molecule has 0 fully saturated rings. The van der Waals surface area contributed by atoms with Crippen LogP contribution in [0, 0.1) is 5.95 Å². The zero-order chi connectivity index (χ0) is 8.27. The van der Waals surface area contributed by atoms with E-state index in [1.54, 1.807) is 0 Å². The van der Waals surface area contributed by atoms with Crippen LogP contribution in [-0.2, 0) is 11.2 Å². The summed E-state index contributed by atoms with van der Waals surface area (Å²) in [6.07, 6.45) is 0.832. The topological polar surface area (TPSA) is 63.1 Å². The Morgan fingerprint density at radius 2 is 2.45 bits per heavy atom. The molecule has 4 nitrogen and oxygen atoms in total. The molecule has 0 spiro atoms. The van der Waals surface area contributed by atoms with Crippen LogP contribution >= 0.6 is 0 Å². The maximum absolute atomic E-state index is 12.3. The van der Waals surface area contributed by atoms with E-state index in [1.165, 1.54) is 6.20 Å². The Morgan fingerprint density at radius 3 is 3.00 bits per heavy atom. The van der Waals surface area contributed by atoms with Crippen LogP contribution < -0.4 is 0 Å². The van der Waals surface area contributed by atoms with E-state index in [0.29, 0.717) is 0 Å². The second-order valence-electron chi connectivity index (χ2n) is 1.87. The Balaban J connectivity index is 2.79. The summed E-state index contributed by atoms with van der Waals surface area (Å²) in [5.74, 6) is -1.80. The molecule has 1 N–H and O–H groups in total. The van der Waals surface area contributed by atoms with Crippen LogP contribution in [0.2, 0.25) is 0 Å². The van der Waals surface area contributed by atoms with Gasteiger partial charge in [0.15, 0.2) is 0 Å². The average molecular weight is 156 g/mol. The molecule has 0 aliphatic rings. The van der Waals surface area contributed by atoms with Gasteiger partial charge in [-0.15, -0.1) is 0 Å². The monoisotopic (exact) mass is 156 g/mol. The van der Waals surface area contributed by atoms with Crippen LogP contribution in [0.1, 0.15) is 5.82 Å². The normalized spacial score (nSPS) is 9.55. The van der Waals surface area contributed by atoms with Crippen molar-refractivity contribution in [2.24, 2.45) is 0 Å². The van der Waals surface area contributed by atoms with E-state index in [9.17, 15) is 9.18 Å². The van der Waals surface area contributed by atoms with Crippen molar-refractivity contribution in [3.05, 3.63) is 24.0 Å². The molecule has 0 saturated heterocycles. The van der Waals surface area contributed by atoms with Crippen molar-refractivity contribution in [1.82, 2.24) is 9.97 Å². The van der Waals surface area contributed by atoms with Crippen LogP contribution in [-0.4, -0.2) is 21.0 Å². The molecular formula is C6H5FN2O2. The van der Waals surface area contributed by atoms with Crippen molar-refractivity contribution in [1.29, 1.82) is 0 Å². The number of carboxylic acids is 1. The lowest BCUT2D eigenvalue weighted by Crippen LogP contribution is -2.05. The standard InChI is InChI=1S/C6H5FN2O2/c7-4-1-2-8-5(9-4)3-6(10)11/h1-2H,3H2,(H,10,11). The molecule has 1 heterocycles. The lowest BCUT2D eigenvalue weighted by atomic mass is 10.4. The Hall–Kier alpha value is -1.52. The minimum absolute atomic E-state index is 0.0162. The predicted molar refractivity (Wildman–Crippen MR) is 33.3 cm³/mol. The number of nitrogens with zero attached hydrogens (tertiary/aromatic N) is 2. The van der Waals surface area contributed by atoms with Crippen molar-refractivity contribution in [3.63, 3.8) is 0 Å². The molecule has 5 heteroatoms. The first-order chi connectivity index (χ1) is 5.18. The summed E-state index contributed by atoms with van der Waals surface area (Å²) in [4.78, 5) is 16.9. The maximum Gasteiger partial charge on any atom is 0.311 e. The third kappa shape index (κ3) is 2.29. The zero-order valence-corrected chi connectivity index (χ0v) is 5.49. The molecule has 1 aromatic heterocycles. The van der Waals surface area contributed by atoms with Gasteiger partial charge in [-0.05, 0) is 0 Å². The van der Waals surface area contributed by atoms with Gasteiger partial charge in [0, 0.05) is 12.3 Å². The number of aliphatic carboxylic acids is 1. The molecule has 0 aromatic carbocycles. The molecule has 0 radical (unpaired) electrons. The average Bonchev–Trinajstić information content (AvgIpc) is 1.85. The van der Waals surface area contributed by atoms with Gasteiger partial charge in [0.2, 0.25) is 5.95 Å². The fourth-order valence-electron chi connectivity index (χ4n) is 0.595. The van der Waals surface area contributed by atoms with E-state index < -0.39 is 11.9 Å². The van der Waals surface area contributed by atoms with Gasteiger partial charge in [0.1, 0.15) is 12.2 Å². The van der Waals surface area contributed by atoms with Crippen molar-refractivity contribution in [2.45, 2.75) is 6.42 Å². The highest BCUT2D eigenvalue weighted by molar-refractivity contribution is 5.68. The molecule has 0 bridgehead atoms. The molecular weight excluding hydrogens is 151 g/mol. The predicted octanol–water partition coefficient (Wildman–Crippen LogP) is 0.243. The number of halogens is 1. The van der Waals surface area contributed by atoms with Crippen molar-refractivity contribution in [3.8, 4) is 0 Å². The first kappa shape index (κ1) is 7.59. The number of hydrogen-bond donors (Lipinski definition) is 1. The van der Waals surface area contributed by atoms with Gasteiger partial charge in [-0.2, -0.15) is 4.39 Å². The lowest BCUT2D eigenvalue weighted by molar-refractivity contribution is -0.136. The molecule has 0 aliphatic carbocycles. The van der Waals surface area contributed by atoms with E-state index in [-0.39, 0.29) is 12.2 Å². The Bertz CT molecular complexity index is 277. The highest BCUT2D eigenvalue weighted by Crippen LogP contribution is 1.93. The van der Waals surface area contributed by atoms with E-state index in [4.69, 9.17) is 5.11 Å². The van der Waals surface area contributed by atoms with Crippen LogP contribution in [0.25, 0.3) is 0 Å². The number of rotatable bonds is 2. The number of aromatic nitrogens is 2. The second kappa shape index (κ2) is 3.05. The van der Waals surface area contributed by atoms with E-state index in [2.05, 4.69) is 9.97 Å². The summed E-state index contributed by atoms with van der Waals surface area (Å²) in [6, 6.07) is 1.06. The zero-order valence-electron chi connectivity index (χ0n) is 5.49. The van der Waals surface area contributed by atoms with Gasteiger partial charge in [0.05, 0.1) is 0 Å². The van der Waals surface area contributed by atoms with Crippen molar-refractivity contribution < 1.29 is 14.3 Å². The summed E-state index contributed by atoms with van der Waals surface area (Å²) < 4.78 is 12.3. The van der Waals surface area contributed by atoms with Gasteiger partial charge < -0.3 is 5.11 Å². The summed E-state index contributed by atoms with van der Waals surface area (Å²) in [6.45, 7) is 0. The fourth-order valence-corrected chi connectivity index (χ4v) is 0.595. The van der Waals surface area contributed by atoms with Gasteiger partial charge in [-0.3, -0.25) is 4.79 Å². The van der Waals surface area contributed by atoms with Gasteiger partial charge in [0.25, 0.3) is 0 Å². The minimum Gasteiger partial charge on any atom is -0.481 e.